The lowest BCUT2D eigenvalue weighted by atomic mass is 10.0. The molecule has 2 atom stereocenters. The molecule has 1 N–H and O–H groups in total. The average molecular weight is 604 g/mol. The van der Waals surface area contributed by atoms with E-state index < -0.39 is 0 Å². The molecule has 2 fully saturated rings. The second-order valence-corrected chi connectivity index (χ2v) is 11.9. The van der Waals surface area contributed by atoms with E-state index in [1.807, 2.05) is 66.6 Å². The second kappa shape index (κ2) is 12.7. The van der Waals surface area contributed by atoms with E-state index in [9.17, 15) is 4.79 Å². The summed E-state index contributed by atoms with van der Waals surface area (Å²) in [5.74, 6) is 1.89. The van der Waals surface area contributed by atoms with Crippen LogP contribution in [-0.4, -0.2) is 87.1 Å². The summed E-state index contributed by atoms with van der Waals surface area (Å²) in [5.41, 5.74) is 6.19. The minimum absolute atomic E-state index is 0.0789. The van der Waals surface area contributed by atoms with Crippen molar-refractivity contribution in [2.75, 3.05) is 46.5 Å². The number of ether oxygens (including phenoxy) is 2. The predicted octanol–water partition coefficient (Wildman–Crippen LogP) is 4.86. The number of H-pyrrole nitrogens is 1. The molecule has 5 aromatic rings. The Morgan fingerprint density at radius 2 is 1.91 bits per heavy atom. The molecule has 1 amide bonds. The van der Waals surface area contributed by atoms with Crippen LogP contribution in [0.25, 0.3) is 33.4 Å². The summed E-state index contributed by atoms with van der Waals surface area (Å²) in [6.45, 7) is 6.68. The normalized spacial score (nSPS) is 18.8. The number of nitrogens with zero attached hydrogens (tertiary/aromatic N) is 6. The Hall–Kier alpha value is -4.67. The Morgan fingerprint density at radius 3 is 2.71 bits per heavy atom. The lowest BCUT2D eigenvalue weighted by Crippen LogP contribution is -2.52. The summed E-state index contributed by atoms with van der Waals surface area (Å²) < 4.78 is 11.3. The highest BCUT2D eigenvalue weighted by Crippen LogP contribution is 2.33. The minimum Gasteiger partial charge on any atom is -0.480 e. The van der Waals surface area contributed by atoms with Crippen LogP contribution in [0.1, 0.15) is 29.5 Å². The number of fused-ring (bicyclic) bond motifs is 1. The SMILES string of the molecule is COc1nc2ccccc2cc1-c1cnc(C2CN(CC3CCOC3)CCN2C(=O)Cc2ccc(-c3nccnc3C)cc2)[nH]1. The number of piperazine rings is 1. The van der Waals surface area contributed by atoms with Gasteiger partial charge in [0.05, 0.1) is 54.5 Å². The van der Waals surface area contributed by atoms with Crippen LogP contribution in [0.4, 0.5) is 0 Å². The fraction of sp³-hybridized carbons (Fsp3) is 0.343. The van der Waals surface area contributed by atoms with Crippen molar-refractivity contribution in [3.05, 3.63) is 90.3 Å². The van der Waals surface area contributed by atoms with Gasteiger partial charge in [-0.3, -0.25) is 19.7 Å². The Kier molecular flexibility index (Phi) is 8.23. The molecule has 7 rings (SSSR count). The van der Waals surface area contributed by atoms with Crippen LogP contribution in [-0.2, 0) is 16.0 Å². The van der Waals surface area contributed by atoms with E-state index in [1.165, 1.54) is 0 Å². The highest BCUT2D eigenvalue weighted by molar-refractivity contribution is 5.85. The average Bonchev–Trinajstić information content (AvgIpc) is 3.78. The highest BCUT2D eigenvalue weighted by Gasteiger charge is 2.35. The predicted molar refractivity (Wildman–Crippen MR) is 172 cm³/mol. The quantitative estimate of drug-likeness (QED) is 0.268. The number of aromatic nitrogens is 5. The fourth-order valence-corrected chi connectivity index (χ4v) is 6.47. The van der Waals surface area contributed by atoms with Crippen molar-refractivity contribution in [2.45, 2.75) is 25.8 Å². The van der Waals surface area contributed by atoms with E-state index >= 15 is 0 Å². The topological polar surface area (TPSA) is 109 Å². The van der Waals surface area contributed by atoms with Gasteiger partial charge in [0, 0.05) is 56.1 Å². The van der Waals surface area contributed by atoms with Crippen molar-refractivity contribution in [1.82, 2.24) is 34.7 Å². The summed E-state index contributed by atoms with van der Waals surface area (Å²) in [6, 6.07) is 17.9. The molecule has 10 nitrogen and oxygen atoms in total. The first-order valence-electron chi connectivity index (χ1n) is 15.5. The van der Waals surface area contributed by atoms with E-state index in [-0.39, 0.29) is 11.9 Å². The van der Waals surface area contributed by atoms with Gasteiger partial charge in [-0.25, -0.2) is 9.97 Å². The van der Waals surface area contributed by atoms with Crippen LogP contribution in [0.5, 0.6) is 5.88 Å². The van der Waals surface area contributed by atoms with Gasteiger partial charge in [-0.15, -0.1) is 0 Å². The summed E-state index contributed by atoms with van der Waals surface area (Å²) in [6.07, 6.45) is 6.60. The molecule has 10 heteroatoms. The molecule has 2 aliphatic rings. The molecular weight excluding hydrogens is 566 g/mol. The monoisotopic (exact) mass is 603 g/mol. The fourth-order valence-electron chi connectivity index (χ4n) is 6.47. The Bertz CT molecular complexity index is 1800. The number of imidazole rings is 1. The number of rotatable bonds is 8. The zero-order valence-corrected chi connectivity index (χ0v) is 25.6. The zero-order valence-electron chi connectivity index (χ0n) is 25.6. The molecule has 0 spiro atoms. The van der Waals surface area contributed by atoms with Crippen LogP contribution in [0.15, 0.2) is 73.2 Å². The number of methoxy groups -OCH3 is 1. The first kappa shape index (κ1) is 29.1. The van der Waals surface area contributed by atoms with Crippen LogP contribution in [0.3, 0.4) is 0 Å². The standard InChI is InChI=1S/C35H37N7O3/c1-23-33(37-13-12-36-23)26-9-7-24(8-10-26)17-32(43)42-15-14-41(20-25-11-16-45-22-25)21-31(42)34-38-19-30(39-34)28-18-27-5-3-4-6-29(27)40-35(28)44-2/h3-10,12-13,18-19,25,31H,11,14-17,20-22H2,1-2H3,(H,38,39). The lowest BCUT2D eigenvalue weighted by molar-refractivity contribution is -0.136. The number of para-hydroxylation sites is 1. The number of carbonyl (C=O) groups is 1. The highest BCUT2D eigenvalue weighted by atomic mass is 16.5. The molecule has 0 radical (unpaired) electrons. The van der Waals surface area contributed by atoms with E-state index in [2.05, 4.69) is 25.9 Å². The third-order valence-corrected chi connectivity index (χ3v) is 8.87. The lowest BCUT2D eigenvalue weighted by Gasteiger charge is -2.41. The van der Waals surface area contributed by atoms with Gasteiger partial charge < -0.3 is 19.4 Å². The minimum atomic E-state index is -0.219. The number of hydrogen-bond donors (Lipinski definition) is 1. The molecule has 45 heavy (non-hydrogen) atoms. The molecule has 230 valence electrons. The molecule has 5 heterocycles. The maximum atomic E-state index is 13.9. The van der Waals surface area contributed by atoms with Crippen molar-refractivity contribution >= 4 is 16.8 Å². The molecule has 0 saturated carbocycles. The van der Waals surface area contributed by atoms with Crippen molar-refractivity contribution in [1.29, 1.82) is 0 Å². The van der Waals surface area contributed by atoms with Crippen LogP contribution in [0, 0.1) is 12.8 Å². The Labute approximate surface area is 262 Å². The van der Waals surface area contributed by atoms with E-state index in [0.717, 1.165) is 83.2 Å². The van der Waals surface area contributed by atoms with Crippen LogP contribution in [0.2, 0.25) is 0 Å². The summed E-state index contributed by atoms with van der Waals surface area (Å²) in [5, 5.41) is 1.02. The number of aryl methyl sites for hydroxylation is 1. The van der Waals surface area contributed by atoms with Crippen molar-refractivity contribution in [2.24, 2.45) is 5.92 Å². The summed E-state index contributed by atoms with van der Waals surface area (Å²) >= 11 is 0. The smallest absolute Gasteiger partial charge is 0.227 e. The number of nitrogens with one attached hydrogen (secondary N) is 1. The third kappa shape index (κ3) is 6.16. The number of hydrogen-bond acceptors (Lipinski definition) is 8. The molecule has 2 unspecified atom stereocenters. The van der Waals surface area contributed by atoms with E-state index in [4.69, 9.17) is 19.4 Å². The number of benzene rings is 2. The molecule has 0 aliphatic carbocycles. The first-order chi connectivity index (χ1) is 22.1. The van der Waals surface area contributed by atoms with Gasteiger partial charge in [0.1, 0.15) is 11.9 Å². The number of pyridine rings is 1. The van der Waals surface area contributed by atoms with Crippen molar-refractivity contribution in [3.63, 3.8) is 0 Å². The molecule has 3 aromatic heterocycles. The Balaban J connectivity index is 1.14. The van der Waals surface area contributed by atoms with E-state index in [1.54, 1.807) is 19.5 Å². The van der Waals surface area contributed by atoms with Crippen LogP contribution >= 0.6 is 0 Å². The number of carbonyl (C=O) groups excluding carboxylic acids is 1. The maximum absolute atomic E-state index is 13.9. The Morgan fingerprint density at radius 1 is 1.07 bits per heavy atom. The molecular formula is C35H37N7O3. The number of aromatic amines is 1. The number of amides is 1. The second-order valence-electron chi connectivity index (χ2n) is 11.9. The third-order valence-electron chi connectivity index (χ3n) is 8.87. The zero-order chi connectivity index (χ0) is 30.8. The van der Waals surface area contributed by atoms with Gasteiger partial charge >= 0.3 is 0 Å². The molecule has 2 saturated heterocycles. The maximum Gasteiger partial charge on any atom is 0.227 e. The molecule has 2 aromatic carbocycles. The van der Waals surface area contributed by atoms with Gasteiger partial charge in [-0.2, -0.15) is 0 Å². The van der Waals surface area contributed by atoms with Crippen molar-refractivity contribution in [3.8, 4) is 28.4 Å². The first-order valence-corrected chi connectivity index (χ1v) is 15.5. The molecule has 0 bridgehead atoms. The summed E-state index contributed by atoms with van der Waals surface area (Å²) in [7, 11) is 1.63. The van der Waals surface area contributed by atoms with Crippen LogP contribution < -0.4 is 4.74 Å². The van der Waals surface area contributed by atoms with Crippen molar-refractivity contribution < 1.29 is 14.3 Å². The van der Waals surface area contributed by atoms with Gasteiger partial charge in [-0.05, 0) is 37.0 Å². The van der Waals surface area contributed by atoms with Gasteiger partial charge in [0.25, 0.3) is 0 Å². The van der Waals surface area contributed by atoms with Gasteiger partial charge in [0.15, 0.2) is 0 Å². The largest absolute Gasteiger partial charge is 0.480 e. The van der Waals surface area contributed by atoms with Gasteiger partial charge in [0.2, 0.25) is 11.8 Å². The molecule has 2 aliphatic heterocycles. The van der Waals surface area contributed by atoms with E-state index in [0.29, 0.717) is 31.3 Å². The van der Waals surface area contributed by atoms with Gasteiger partial charge in [-0.1, -0.05) is 42.5 Å². The summed E-state index contributed by atoms with van der Waals surface area (Å²) in [4.78, 5) is 40.3.